The van der Waals surface area contributed by atoms with Crippen molar-refractivity contribution < 1.29 is 0 Å². The van der Waals surface area contributed by atoms with Gasteiger partial charge < -0.3 is 0 Å². The van der Waals surface area contributed by atoms with Crippen LogP contribution in [0.15, 0.2) is 18.6 Å². The molecule has 0 saturated heterocycles. The van der Waals surface area contributed by atoms with Crippen molar-refractivity contribution in [2.75, 3.05) is 0 Å². The Morgan fingerprint density at radius 3 is 1.80 bits per heavy atom. The third-order valence-electron chi connectivity index (χ3n) is 2.61. The molecule has 0 aromatic carbocycles. The molecule has 0 aliphatic rings. The minimum Gasteiger partial charge on any atom is -0.261 e. The molecule has 0 bridgehead atoms. The number of rotatable bonds is 3. The van der Waals surface area contributed by atoms with E-state index in [0.29, 0.717) is 5.16 Å². The molecule has 4 heteroatoms. The lowest BCUT2D eigenvalue weighted by atomic mass is 10.5. The van der Waals surface area contributed by atoms with E-state index in [2.05, 4.69) is 49.3 Å². The summed E-state index contributed by atoms with van der Waals surface area (Å²) in [6, 6.07) is 0. The van der Waals surface area contributed by atoms with Gasteiger partial charge >= 0.3 is 0 Å². The number of nitrogens with zero attached hydrogens (tertiary/aromatic N) is 2. The molecule has 2 nitrogen and oxygen atoms in total. The molecule has 84 valence electrons. The van der Waals surface area contributed by atoms with E-state index in [1.807, 2.05) is 12.4 Å². The van der Waals surface area contributed by atoms with Gasteiger partial charge in [0.15, 0.2) is 0 Å². The average molecular weight is 238 g/mol. The molecule has 0 unspecified atom stereocenters. The van der Waals surface area contributed by atoms with Gasteiger partial charge in [-0.15, -0.1) is 0 Å². The van der Waals surface area contributed by atoms with Gasteiger partial charge in [-0.2, -0.15) is 0 Å². The Kier molecular flexibility index (Phi) is 3.50. The summed E-state index contributed by atoms with van der Waals surface area (Å²) in [5, 5.41) is 0.693. The topological polar surface area (TPSA) is 25.8 Å². The third kappa shape index (κ3) is 3.24. The molecule has 0 N–H and O–H groups in total. The summed E-state index contributed by atoms with van der Waals surface area (Å²) in [5.41, 5.74) is 1.22. The van der Waals surface area contributed by atoms with Crippen LogP contribution < -0.4 is 0 Å². The standard InChI is InChI=1S/C11H22N2Si2/c1-14(2,3)11(15(4,5)6)10-9-12-7-8-13-10/h7-9,11H,1-6H3. The van der Waals surface area contributed by atoms with Crippen molar-refractivity contribution in [1.82, 2.24) is 9.97 Å². The van der Waals surface area contributed by atoms with Gasteiger partial charge in [0.1, 0.15) is 0 Å². The fourth-order valence-electron chi connectivity index (χ4n) is 2.65. The van der Waals surface area contributed by atoms with E-state index in [1.165, 1.54) is 5.69 Å². The first-order chi connectivity index (χ1) is 6.73. The molecule has 1 heterocycles. The normalized spacial score (nSPS) is 13.3. The van der Waals surface area contributed by atoms with Gasteiger partial charge in [0.05, 0.1) is 21.8 Å². The molecule has 0 fully saturated rings. The molecule has 1 aromatic rings. The second-order valence-corrected chi connectivity index (χ2v) is 17.5. The highest BCUT2D eigenvalue weighted by atomic mass is 28.4. The van der Waals surface area contributed by atoms with Crippen molar-refractivity contribution in [3.8, 4) is 0 Å². The highest BCUT2D eigenvalue weighted by Gasteiger charge is 2.39. The summed E-state index contributed by atoms with van der Waals surface area (Å²) >= 11 is 0. The van der Waals surface area contributed by atoms with Crippen LogP contribution in [0.4, 0.5) is 0 Å². The van der Waals surface area contributed by atoms with E-state index >= 15 is 0 Å². The molecule has 0 aliphatic heterocycles. The zero-order chi connectivity index (χ0) is 11.7. The maximum absolute atomic E-state index is 4.52. The monoisotopic (exact) mass is 238 g/mol. The molecular formula is C11H22N2Si2. The Morgan fingerprint density at radius 2 is 1.47 bits per heavy atom. The maximum atomic E-state index is 4.52. The first-order valence-electron chi connectivity index (χ1n) is 5.49. The predicted molar refractivity (Wildman–Crippen MR) is 71.5 cm³/mol. The number of hydrogen-bond acceptors (Lipinski definition) is 2. The van der Waals surface area contributed by atoms with Crippen LogP contribution in [0.25, 0.3) is 0 Å². The first-order valence-corrected chi connectivity index (χ1v) is 12.6. The minimum absolute atomic E-state index is 0.693. The Labute approximate surface area is 95.2 Å². The fourth-order valence-corrected chi connectivity index (χ4v) is 15.1. The Hall–Kier alpha value is -0.486. The molecule has 0 saturated carbocycles. The Balaban J connectivity index is 3.15. The van der Waals surface area contributed by atoms with Gasteiger partial charge in [-0.05, 0) is 5.16 Å². The Bertz CT molecular complexity index is 298. The molecular weight excluding hydrogens is 216 g/mol. The van der Waals surface area contributed by atoms with E-state index < -0.39 is 16.1 Å². The van der Waals surface area contributed by atoms with Crippen LogP contribution in [-0.4, -0.2) is 26.1 Å². The highest BCUT2D eigenvalue weighted by Crippen LogP contribution is 2.33. The summed E-state index contributed by atoms with van der Waals surface area (Å²) in [5.74, 6) is 0. The number of aromatic nitrogens is 2. The Morgan fingerprint density at radius 1 is 0.933 bits per heavy atom. The van der Waals surface area contributed by atoms with Crippen molar-refractivity contribution in [2.45, 2.75) is 44.4 Å². The summed E-state index contributed by atoms with van der Waals surface area (Å²) in [6.07, 6.45) is 5.54. The fraction of sp³-hybridized carbons (Fsp3) is 0.636. The summed E-state index contributed by atoms with van der Waals surface area (Å²) < 4.78 is 0. The van der Waals surface area contributed by atoms with Crippen molar-refractivity contribution in [1.29, 1.82) is 0 Å². The van der Waals surface area contributed by atoms with Crippen LogP contribution in [0.5, 0.6) is 0 Å². The average Bonchev–Trinajstić information content (AvgIpc) is 2.00. The van der Waals surface area contributed by atoms with Crippen LogP contribution in [-0.2, 0) is 0 Å². The van der Waals surface area contributed by atoms with Crippen molar-refractivity contribution in [2.24, 2.45) is 0 Å². The van der Waals surface area contributed by atoms with Gasteiger partial charge in [0, 0.05) is 18.6 Å². The molecule has 1 rings (SSSR count). The lowest BCUT2D eigenvalue weighted by Crippen LogP contribution is -2.46. The van der Waals surface area contributed by atoms with Crippen LogP contribution >= 0.6 is 0 Å². The summed E-state index contributed by atoms with van der Waals surface area (Å²) in [6.45, 7) is 14.6. The zero-order valence-electron chi connectivity index (χ0n) is 10.7. The van der Waals surface area contributed by atoms with E-state index in [-0.39, 0.29) is 0 Å². The first kappa shape index (κ1) is 12.6. The second kappa shape index (κ2) is 4.17. The molecule has 0 spiro atoms. The summed E-state index contributed by atoms with van der Waals surface area (Å²) in [7, 11) is -2.41. The van der Waals surface area contributed by atoms with Gasteiger partial charge in [-0.3, -0.25) is 9.97 Å². The molecule has 15 heavy (non-hydrogen) atoms. The third-order valence-corrected chi connectivity index (χ3v) is 11.9. The van der Waals surface area contributed by atoms with Crippen molar-refractivity contribution in [3.63, 3.8) is 0 Å². The van der Waals surface area contributed by atoms with Crippen LogP contribution in [0.2, 0.25) is 39.3 Å². The molecule has 0 atom stereocenters. The maximum Gasteiger partial charge on any atom is 0.0564 e. The van der Waals surface area contributed by atoms with Crippen LogP contribution in [0, 0.1) is 0 Å². The lowest BCUT2D eigenvalue weighted by molar-refractivity contribution is 1.02. The van der Waals surface area contributed by atoms with Crippen LogP contribution in [0.3, 0.4) is 0 Å². The van der Waals surface area contributed by atoms with E-state index in [4.69, 9.17) is 0 Å². The smallest absolute Gasteiger partial charge is 0.0564 e. The van der Waals surface area contributed by atoms with E-state index in [9.17, 15) is 0 Å². The second-order valence-electron chi connectivity index (χ2n) is 6.30. The quantitative estimate of drug-likeness (QED) is 0.755. The minimum atomic E-state index is -1.20. The summed E-state index contributed by atoms with van der Waals surface area (Å²) in [4.78, 5) is 8.73. The van der Waals surface area contributed by atoms with Gasteiger partial charge in [-0.1, -0.05) is 39.3 Å². The van der Waals surface area contributed by atoms with Gasteiger partial charge in [-0.25, -0.2) is 0 Å². The SMILES string of the molecule is C[Si](C)(C)C(c1cnccn1)[Si](C)(C)C. The molecule has 0 radical (unpaired) electrons. The van der Waals surface area contributed by atoms with Crippen molar-refractivity contribution >= 4 is 16.1 Å². The molecule has 0 aliphatic carbocycles. The van der Waals surface area contributed by atoms with Crippen LogP contribution in [0.1, 0.15) is 10.9 Å². The number of hydrogen-bond donors (Lipinski definition) is 0. The van der Waals surface area contributed by atoms with Crippen molar-refractivity contribution in [3.05, 3.63) is 24.3 Å². The lowest BCUT2D eigenvalue weighted by Gasteiger charge is -2.37. The predicted octanol–water partition coefficient (Wildman–Crippen LogP) is 3.32. The van der Waals surface area contributed by atoms with E-state index in [1.54, 1.807) is 6.20 Å². The van der Waals surface area contributed by atoms with Gasteiger partial charge in [0.2, 0.25) is 0 Å². The molecule has 1 aromatic heterocycles. The highest BCUT2D eigenvalue weighted by molar-refractivity contribution is 6.96. The van der Waals surface area contributed by atoms with E-state index in [0.717, 1.165) is 0 Å². The van der Waals surface area contributed by atoms with Gasteiger partial charge in [0.25, 0.3) is 0 Å². The molecule has 0 amide bonds. The zero-order valence-corrected chi connectivity index (χ0v) is 12.7. The largest absolute Gasteiger partial charge is 0.261 e.